The van der Waals surface area contributed by atoms with Gasteiger partial charge in [0.05, 0.1) is 12.3 Å². The predicted molar refractivity (Wildman–Crippen MR) is 50.1 cm³/mol. The van der Waals surface area contributed by atoms with Gasteiger partial charge < -0.3 is 10.1 Å². The van der Waals surface area contributed by atoms with E-state index in [1.165, 1.54) is 6.42 Å². The summed E-state index contributed by atoms with van der Waals surface area (Å²) in [5, 5.41) is 6.66. The summed E-state index contributed by atoms with van der Waals surface area (Å²) in [4.78, 5) is 0. The molecule has 0 saturated carbocycles. The van der Waals surface area contributed by atoms with E-state index < -0.39 is 0 Å². The molecule has 1 aliphatic rings. The third kappa shape index (κ3) is 4.04. The topological polar surface area (TPSA) is 33.3 Å². The molecule has 0 aromatic rings. The molecule has 3 heteroatoms. The van der Waals surface area contributed by atoms with E-state index in [1.807, 2.05) is 0 Å². The number of hydrogen-bond donors (Lipinski definition) is 2. The van der Waals surface area contributed by atoms with Crippen molar-refractivity contribution in [3.05, 3.63) is 0 Å². The Labute approximate surface area is 74.9 Å². The summed E-state index contributed by atoms with van der Waals surface area (Å²) in [5.74, 6) is 0. The van der Waals surface area contributed by atoms with E-state index >= 15 is 0 Å². The molecular weight excluding hydrogens is 152 g/mol. The second-order valence-electron chi connectivity index (χ2n) is 4.29. The van der Waals surface area contributed by atoms with Crippen molar-refractivity contribution in [3.63, 3.8) is 0 Å². The highest BCUT2D eigenvalue weighted by Gasteiger charge is 2.15. The summed E-state index contributed by atoms with van der Waals surface area (Å²) in [6.45, 7) is 9.08. The number of ether oxygens (including phenoxy) is 1. The zero-order valence-electron chi connectivity index (χ0n) is 8.31. The molecule has 0 amide bonds. The molecule has 1 heterocycles. The van der Waals surface area contributed by atoms with Crippen molar-refractivity contribution < 1.29 is 4.74 Å². The van der Waals surface area contributed by atoms with Crippen molar-refractivity contribution in [1.29, 1.82) is 0 Å². The van der Waals surface area contributed by atoms with Crippen LogP contribution in [0.3, 0.4) is 0 Å². The second-order valence-corrected chi connectivity index (χ2v) is 4.29. The predicted octanol–water partition coefficient (Wildman–Crippen LogP) is 0.711. The van der Waals surface area contributed by atoms with Crippen LogP contribution in [0.15, 0.2) is 0 Å². The highest BCUT2D eigenvalue weighted by molar-refractivity contribution is 4.76. The molecule has 0 bridgehead atoms. The monoisotopic (exact) mass is 172 g/mol. The van der Waals surface area contributed by atoms with Crippen molar-refractivity contribution in [1.82, 2.24) is 10.6 Å². The zero-order chi connectivity index (χ0) is 9.03. The van der Waals surface area contributed by atoms with Gasteiger partial charge in [-0.3, -0.25) is 5.32 Å². The summed E-state index contributed by atoms with van der Waals surface area (Å²) >= 11 is 0. The zero-order valence-corrected chi connectivity index (χ0v) is 8.31. The van der Waals surface area contributed by atoms with Crippen LogP contribution in [0.4, 0.5) is 0 Å². The van der Waals surface area contributed by atoms with Crippen molar-refractivity contribution >= 4 is 0 Å². The standard InChI is InChI=1S/C9H20N2O/c1-9(2,3)12-7-11-8-4-5-10-6-8/h8,10-11H,4-7H2,1-3H3. The molecule has 1 unspecified atom stereocenters. The first-order valence-corrected chi connectivity index (χ1v) is 4.66. The molecule has 3 nitrogen and oxygen atoms in total. The van der Waals surface area contributed by atoms with Gasteiger partial charge in [-0.15, -0.1) is 0 Å². The first kappa shape index (κ1) is 9.96. The average Bonchev–Trinajstić information content (AvgIpc) is 2.36. The van der Waals surface area contributed by atoms with E-state index in [2.05, 4.69) is 31.4 Å². The largest absolute Gasteiger partial charge is 0.361 e. The lowest BCUT2D eigenvalue weighted by molar-refractivity contribution is -0.0164. The van der Waals surface area contributed by atoms with Crippen LogP contribution in [-0.2, 0) is 4.74 Å². The van der Waals surface area contributed by atoms with Gasteiger partial charge in [-0.2, -0.15) is 0 Å². The molecule has 1 fully saturated rings. The number of hydrogen-bond acceptors (Lipinski definition) is 3. The normalized spacial score (nSPS) is 24.8. The lowest BCUT2D eigenvalue weighted by Crippen LogP contribution is -2.36. The Morgan fingerprint density at radius 3 is 2.75 bits per heavy atom. The highest BCUT2D eigenvalue weighted by Crippen LogP contribution is 2.05. The van der Waals surface area contributed by atoms with Crippen LogP contribution < -0.4 is 10.6 Å². The highest BCUT2D eigenvalue weighted by atomic mass is 16.5. The van der Waals surface area contributed by atoms with Gasteiger partial charge in [-0.05, 0) is 33.7 Å². The molecule has 1 atom stereocenters. The molecule has 0 spiro atoms. The van der Waals surface area contributed by atoms with Gasteiger partial charge in [0.2, 0.25) is 0 Å². The van der Waals surface area contributed by atoms with E-state index in [0.29, 0.717) is 12.8 Å². The summed E-state index contributed by atoms with van der Waals surface area (Å²) < 4.78 is 5.55. The number of rotatable bonds is 3. The van der Waals surface area contributed by atoms with Gasteiger partial charge in [-0.1, -0.05) is 0 Å². The maximum absolute atomic E-state index is 5.55. The van der Waals surface area contributed by atoms with Gasteiger partial charge in [-0.25, -0.2) is 0 Å². The molecule has 0 radical (unpaired) electrons. The Kier molecular flexibility index (Phi) is 3.50. The third-order valence-corrected chi connectivity index (χ3v) is 1.94. The molecular formula is C9H20N2O. The second kappa shape index (κ2) is 4.21. The van der Waals surface area contributed by atoms with E-state index in [-0.39, 0.29) is 5.60 Å². The minimum Gasteiger partial charge on any atom is -0.361 e. The number of nitrogens with one attached hydrogen (secondary N) is 2. The third-order valence-electron chi connectivity index (χ3n) is 1.94. The van der Waals surface area contributed by atoms with Crippen LogP contribution in [0, 0.1) is 0 Å². The van der Waals surface area contributed by atoms with E-state index in [4.69, 9.17) is 4.74 Å². The minimum absolute atomic E-state index is 0.0287. The van der Waals surface area contributed by atoms with Crippen LogP contribution in [0.1, 0.15) is 27.2 Å². The summed E-state index contributed by atoms with van der Waals surface area (Å²) in [6.07, 6.45) is 1.22. The summed E-state index contributed by atoms with van der Waals surface area (Å²) in [6, 6.07) is 0.604. The first-order valence-electron chi connectivity index (χ1n) is 4.66. The average molecular weight is 172 g/mol. The molecule has 0 aromatic carbocycles. The molecule has 2 N–H and O–H groups in total. The van der Waals surface area contributed by atoms with Gasteiger partial charge in [0.25, 0.3) is 0 Å². The van der Waals surface area contributed by atoms with Crippen molar-refractivity contribution in [3.8, 4) is 0 Å². The van der Waals surface area contributed by atoms with Crippen LogP contribution in [0.5, 0.6) is 0 Å². The molecule has 1 rings (SSSR count). The van der Waals surface area contributed by atoms with Crippen LogP contribution >= 0.6 is 0 Å². The molecule has 72 valence electrons. The quantitative estimate of drug-likeness (QED) is 0.615. The lowest BCUT2D eigenvalue weighted by atomic mass is 10.2. The molecule has 12 heavy (non-hydrogen) atoms. The van der Waals surface area contributed by atoms with E-state index in [9.17, 15) is 0 Å². The van der Waals surface area contributed by atoms with Gasteiger partial charge >= 0.3 is 0 Å². The van der Waals surface area contributed by atoms with E-state index in [1.54, 1.807) is 0 Å². The fourth-order valence-corrected chi connectivity index (χ4v) is 1.20. The maximum Gasteiger partial charge on any atom is 0.0974 e. The SMILES string of the molecule is CC(C)(C)OCNC1CCNC1. The Bertz CT molecular complexity index is 125. The van der Waals surface area contributed by atoms with Gasteiger partial charge in [0.1, 0.15) is 0 Å². The molecule has 0 aliphatic carbocycles. The smallest absolute Gasteiger partial charge is 0.0974 e. The Morgan fingerprint density at radius 2 is 2.25 bits per heavy atom. The van der Waals surface area contributed by atoms with Crippen molar-refractivity contribution in [2.75, 3.05) is 19.8 Å². The molecule has 0 aromatic heterocycles. The Balaban J connectivity index is 2.02. The van der Waals surface area contributed by atoms with Gasteiger partial charge in [0, 0.05) is 12.6 Å². The minimum atomic E-state index is -0.0287. The summed E-state index contributed by atoms with van der Waals surface area (Å²) in [7, 11) is 0. The van der Waals surface area contributed by atoms with Gasteiger partial charge in [0.15, 0.2) is 0 Å². The fraction of sp³-hybridized carbons (Fsp3) is 1.00. The van der Waals surface area contributed by atoms with Crippen molar-refractivity contribution in [2.45, 2.75) is 38.8 Å². The fourth-order valence-electron chi connectivity index (χ4n) is 1.20. The van der Waals surface area contributed by atoms with Crippen LogP contribution in [0.2, 0.25) is 0 Å². The maximum atomic E-state index is 5.55. The lowest BCUT2D eigenvalue weighted by Gasteiger charge is -2.21. The Hall–Kier alpha value is -0.120. The molecule has 1 aliphatic heterocycles. The Morgan fingerprint density at radius 1 is 1.50 bits per heavy atom. The van der Waals surface area contributed by atoms with Crippen LogP contribution in [-0.4, -0.2) is 31.5 Å². The van der Waals surface area contributed by atoms with Crippen molar-refractivity contribution in [2.24, 2.45) is 0 Å². The molecule has 1 saturated heterocycles. The first-order chi connectivity index (χ1) is 5.58. The van der Waals surface area contributed by atoms with E-state index in [0.717, 1.165) is 13.1 Å². The van der Waals surface area contributed by atoms with Crippen LogP contribution in [0.25, 0.3) is 0 Å². The summed E-state index contributed by atoms with van der Waals surface area (Å²) in [5.41, 5.74) is -0.0287.